The molecule has 8 nitrogen and oxygen atoms in total. The highest BCUT2D eigenvalue weighted by Crippen LogP contribution is 2.35. The van der Waals surface area contributed by atoms with Crippen LogP contribution in [-0.2, 0) is 13.9 Å². The monoisotopic (exact) mass is 230 g/mol. The number of carbonyl (C=O) groups is 1. The maximum atomic E-state index is 10.1. The minimum absolute atomic E-state index is 0.730. The molecule has 0 radical (unpaired) electrons. The Kier molecular flexibility index (Phi) is 5.21. The molecule has 0 aliphatic rings. The van der Waals surface area contributed by atoms with Gasteiger partial charge >= 0.3 is 13.8 Å². The number of hydrogen-bond donors (Lipinski definition) is 5. The van der Waals surface area contributed by atoms with E-state index in [2.05, 4.69) is 4.52 Å². The van der Waals surface area contributed by atoms with Crippen LogP contribution in [0.4, 0.5) is 0 Å². The number of hydrogen-bond acceptors (Lipinski definition) is 5. The molecule has 0 aliphatic carbocycles. The summed E-state index contributed by atoms with van der Waals surface area (Å²) in [5.74, 6) is -1.34. The van der Waals surface area contributed by atoms with Crippen molar-refractivity contribution in [3.63, 3.8) is 0 Å². The first-order chi connectivity index (χ1) is 6.22. The van der Waals surface area contributed by atoms with Crippen LogP contribution in [0.25, 0.3) is 0 Å². The number of phosphoric acid groups is 1. The quantitative estimate of drug-likeness (QED) is 0.339. The average molecular weight is 230 g/mol. The lowest BCUT2D eigenvalue weighted by molar-refractivity contribution is -0.141. The molecule has 0 bridgehead atoms. The number of aliphatic hydroxyl groups is 2. The number of carboxylic acid groups (broad SMARTS) is 1. The molecular weight excluding hydrogens is 219 g/mol. The van der Waals surface area contributed by atoms with Gasteiger partial charge in [0.2, 0.25) is 0 Å². The highest BCUT2D eigenvalue weighted by Gasteiger charge is 2.23. The van der Waals surface area contributed by atoms with E-state index in [1.54, 1.807) is 0 Å². The van der Waals surface area contributed by atoms with Gasteiger partial charge in [-0.15, -0.1) is 0 Å². The van der Waals surface area contributed by atoms with Crippen LogP contribution in [0.2, 0.25) is 0 Å². The summed E-state index contributed by atoms with van der Waals surface area (Å²) in [6, 6.07) is 0. The standard InChI is InChI=1S/C5H11O8P/c6-3(1-5(8)9)4(7)2-13-14(10,11)12/h3-4,6-7H,1-2H2,(H,8,9)(H2,10,11,12)/t3-,4+/m0/s1. The lowest BCUT2D eigenvalue weighted by Gasteiger charge is -2.15. The summed E-state index contributed by atoms with van der Waals surface area (Å²) in [7, 11) is -4.71. The Balaban J connectivity index is 3.90. The number of aliphatic carboxylic acids is 1. The van der Waals surface area contributed by atoms with Crippen molar-refractivity contribution < 1.29 is 39.0 Å². The molecule has 0 spiro atoms. The first kappa shape index (κ1) is 13.5. The van der Waals surface area contributed by atoms with Crippen LogP contribution in [-0.4, -0.2) is 49.9 Å². The summed E-state index contributed by atoms with van der Waals surface area (Å²) in [6.45, 7) is -0.835. The van der Waals surface area contributed by atoms with E-state index in [0.29, 0.717) is 0 Å². The summed E-state index contributed by atoms with van der Waals surface area (Å²) < 4.78 is 14.0. The van der Waals surface area contributed by atoms with Gasteiger partial charge in [-0.1, -0.05) is 0 Å². The first-order valence-corrected chi connectivity index (χ1v) is 5.03. The predicted octanol–water partition coefficient (Wildman–Crippen LogP) is -1.71. The van der Waals surface area contributed by atoms with Crippen molar-refractivity contribution in [2.75, 3.05) is 6.61 Å². The summed E-state index contributed by atoms with van der Waals surface area (Å²) in [6.07, 6.45) is -4.01. The molecule has 0 saturated heterocycles. The van der Waals surface area contributed by atoms with Crippen LogP contribution < -0.4 is 0 Å². The second kappa shape index (κ2) is 5.40. The van der Waals surface area contributed by atoms with E-state index in [1.165, 1.54) is 0 Å². The largest absolute Gasteiger partial charge is 0.481 e. The molecule has 9 heteroatoms. The Labute approximate surface area is 79.0 Å². The second-order valence-corrected chi connectivity index (χ2v) is 3.76. The van der Waals surface area contributed by atoms with E-state index in [-0.39, 0.29) is 0 Å². The van der Waals surface area contributed by atoms with E-state index >= 15 is 0 Å². The van der Waals surface area contributed by atoms with Crippen molar-refractivity contribution in [3.05, 3.63) is 0 Å². The molecule has 5 N–H and O–H groups in total. The van der Waals surface area contributed by atoms with Crippen LogP contribution in [0.3, 0.4) is 0 Å². The molecular formula is C5H11O8P. The van der Waals surface area contributed by atoms with E-state index in [1.807, 2.05) is 0 Å². The minimum Gasteiger partial charge on any atom is -0.481 e. The molecule has 0 heterocycles. The van der Waals surface area contributed by atoms with E-state index in [0.717, 1.165) is 0 Å². The fourth-order valence-electron chi connectivity index (χ4n) is 0.599. The fraction of sp³-hybridized carbons (Fsp3) is 0.800. The molecule has 2 atom stereocenters. The van der Waals surface area contributed by atoms with E-state index in [9.17, 15) is 9.36 Å². The van der Waals surface area contributed by atoms with E-state index < -0.39 is 39.0 Å². The smallest absolute Gasteiger partial charge is 0.469 e. The molecule has 0 amide bonds. The Morgan fingerprint density at radius 2 is 1.79 bits per heavy atom. The summed E-state index contributed by atoms with van der Waals surface area (Å²) in [5.41, 5.74) is 0. The molecule has 0 aliphatic heterocycles. The fourth-order valence-corrected chi connectivity index (χ4v) is 0.946. The topological polar surface area (TPSA) is 145 Å². The minimum atomic E-state index is -4.71. The van der Waals surface area contributed by atoms with Gasteiger partial charge in [0, 0.05) is 0 Å². The number of carboxylic acids is 1. The van der Waals surface area contributed by atoms with Crippen LogP contribution in [0.15, 0.2) is 0 Å². The lowest BCUT2D eigenvalue weighted by atomic mass is 10.1. The van der Waals surface area contributed by atoms with Crippen molar-refractivity contribution >= 4 is 13.8 Å². The summed E-state index contributed by atoms with van der Waals surface area (Å²) in [5, 5.41) is 26.1. The second-order valence-electron chi connectivity index (χ2n) is 2.52. The van der Waals surface area contributed by atoms with Gasteiger partial charge in [-0.3, -0.25) is 9.32 Å². The Bertz CT molecular complexity index is 234. The Morgan fingerprint density at radius 3 is 2.14 bits per heavy atom. The molecule has 0 aromatic heterocycles. The van der Waals surface area contributed by atoms with Crippen molar-refractivity contribution in [1.82, 2.24) is 0 Å². The first-order valence-electron chi connectivity index (χ1n) is 3.50. The third kappa shape index (κ3) is 6.96. The number of phosphoric ester groups is 1. The van der Waals surface area contributed by atoms with Crippen LogP contribution in [0.5, 0.6) is 0 Å². The Hall–Kier alpha value is -0.500. The number of aliphatic hydroxyl groups excluding tert-OH is 2. The van der Waals surface area contributed by atoms with Crippen molar-refractivity contribution in [2.24, 2.45) is 0 Å². The van der Waals surface area contributed by atoms with Gasteiger partial charge in [0.15, 0.2) is 0 Å². The Morgan fingerprint density at radius 1 is 1.29 bits per heavy atom. The lowest BCUT2D eigenvalue weighted by Crippen LogP contribution is -2.32. The zero-order valence-electron chi connectivity index (χ0n) is 6.98. The molecule has 0 rings (SSSR count). The number of rotatable bonds is 6. The van der Waals surface area contributed by atoms with Gasteiger partial charge in [-0.05, 0) is 0 Å². The zero-order valence-corrected chi connectivity index (χ0v) is 7.87. The maximum Gasteiger partial charge on any atom is 0.469 e. The molecule has 0 aromatic carbocycles. The normalized spacial score (nSPS) is 16.3. The van der Waals surface area contributed by atoms with E-state index in [4.69, 9.17) is 25.1 Å². The van der Waals surface area contributed by atoms with Crippen LogP contribution in [0, 0.1) is 0 Å². The molecule has 0 unspecified atom stereocenters. The molecule has 14 heavy (non-hydrogen) atoms. The highest BCUT2D eigenvalue weighted by molar-refractivity contribution is 7.46. The SMILES string of the molecule is O=C(O)C[C@H](O)[C@H](O)COP(=O)(O)O. The highest BCUT2D eigenvalue weighted by atomic mass is 31.2. The van der Waals surface area contributed by atoms with Gasteiger partial charge < -0.3 is 25.1 Å². The molecule has 0 aromatic rings. The average Bonchev–Trinajstić information content (AvgIpc) is 1.97. The molecule has 0 fully saturated rings. The third-order valence-corrected chi connectivity index (χ3v) is 1.73. The predicted molar refractivity (Wildman–Crippen MR) is 42.3 cm³/mol. The zero-order chi connectivity index (χ0) is 11.4. The third-order valence-electron chi connectivity index (χ3n) is 1.24. The van der Waals surface area contributed by atoms with Gasteiger partial charge in [0.1, 0.15) is 6.10 Å². The molecule has 0 saturated carbocycles. The van der Waals surface area contributed by atoms with Crippen LogP contribution >= 0.6 is 7.82 Å². The summed E-state index contributed by atoms with van der Waals surface area (Å²) >= 11 is 0. The van der Waals surface area contributed by atoms with Gasteiger partial charge in [-0.25, -0.2) is 4.57 Å². The summed E-state index contributed by atoms with van der Waals surface area (Å²) in [4.78, 5) is 26.5. The maximum absolute atomic E-state index is 10.1. The van der Waals surface area contributed by atoms with Crippen LogP contribution in [0.1, 0.15) is 6.42 Å². The van der Waals surface area contributed by atoms with Gasteiger partial charge in [0.05, 0.1) is 19.1 Å². The van der Waals surface area contributed by atoms with Crippen molar-refractivity contribution in [3.8, 4) is 0 Å². The van der Waals surface area contributed by atoms with Crippen molar-refractivity contribution in [1.29, 1.82) is 0 Å². The molecule has 84 valence electrons. The van der Waals surface area contributed by atoms with Crippen molar-refractivity contribution in [2.45, 2.75) is 18.6 Å². The van der Waals surface area contributed by atoms with Gasteiger partial charge in [0.25, 0.3) is 0 Å². The van der Waals surface area contributed by atoms with Gasteiger partial charge in [-0.2, -0.15) is 0 Å².